The normalized spacial score (nSPS) is 11.0. The summed E-state index contributed by atoms with van der Waals surface area (Å²) < 4.78 is 0. The minimum absolute atomic E-state index is 0.160. The van der Waals surface area contributed by atoms with Gasteiger partial charge in [0.25, 0.3) is 5.91 Å². The molecule has 6 heteroatoms. The quantitative estimate of drug-likeness (QED) is 0.719. The first kappa shape index (κ1) is 15.0. The molecule has 0 spiro atoms. The first-order valence-corrected chi connectivity index (χ1v) is 8.65. The number of rotatable bonds is 4. The van der Waals surface area contributed by atoms with Gasteiger partial charge in [-0.25, -0.2) is 9.97 Å². The van der Waals surface area contributed by atoms with E-state index in [1.54, 1.807) is 11.8 Å². The smallest absolute Gasteiger partial charge is 0.256 e. The second-order valence-electron chi connectivity index (χ2n) is 5.01. The molecule has 3 aromatic rings. The van der Waals surface area contributed by atoms with E-state index in [2.05, 4.69) is 29.1 Å². The molecule has 0 fully saturated rings. The third-order valence-electron chi connectivity index (χ3n) is 2.98. The van der Waals surface area contributed by atoms with Crippen molar-refractivity contribution < 1.29 is 4.79 Å². The molecule has 22 heavy (non-hydrogen) atoms. The molecule has 112 valence electrons. The number of benzene rings is 1. The summed E-state index contributed by atoms with van der Waals surface area (Å²) in [6.45, 7) is 4.29. The van der Waals surface area contributed by atoms with E-state index in [4.69, 9.17) is 0 Å². The summed E-state index contributed by atoms with van der Waals surface area (Å²) in [4.78, 5) is 22.7. The Morgan fingerprint density at radius 1 is 1.18 bits per heavy atom. The lowest BCUT2D eigenvalue weighted by atomic mass is 10.2. The molecule has 0 aliphatic heterocycles. The molecule has 4 nitrogen and oxygen atoms in total. The predicted molar refractivity (Wildman–Crippen MR) is 92.8 cm³/mol. The van der Waals surface area contributed by atoms with Crippen molar-refractivity contribution in [1.82, 2.24) is 9.97 Å². The van der Waals surface area contributed by atoms with Crippen LogP contribution in [-0.4, -0.2) is 21.1 Å². The molecule has 0 saturated carbocycles. The van der Waals surface area contributed by atoms with Crippen LogP contribution in [0.1, 0.15) is 24.2 Å². The van der Waals surface area contributed by atoms with Gasteiger partial charge in [-0.05, 0) is 35.7 Å². The van der Waals surface area contributed by atoms with Crippen LogP contribution in [0.25, 0.3) is 10.2 Å². The summed E-state index contributed by atoms with van der Waals surface area (Å²) in [6, 6.07) is 9.54. The van der Waals surface area contributed by atoms with E-state index >= 15 is 0 Å². The standard InChI is InChI=1S/C16H15N3OS2/c1-10(2)22-12-5-3-11(4-6-12)15(20)19-14-13-7-8-21-16(13)18-9-17-14/h3-10H,1-2H3,(H,17,18,19,20). The number of hydrogen-bond donors (Lipinski definition) is 1. The monoisotopic (exact) mass is 329 g/mol. The van der Waals surface area contributed by atoms with Crippen molar-refractivity contribution in [3.8, 4) is 0 Å². The minimum Gasteiger partial charge on any atom is -0.306 e. The molecular formula is C16H15N3OS2. The number of nitrogens with one attached hydrogen (secondary N) is 1. The average Bonchev–Trinajstić information content (AvgIpc) is 2.97. The Hall–Kier alpha value is -1.92. The largest absolute Gasteiger partial charge is 0.306 e. The van der Waals surface area contributed by atoms with Crippen LogP contribution in [-0.2, 0) is 0 Å². The van der Waals surface area contributed by atoms with Crippen molar-refractivity contribution >= 4 is 45.0 Å². The number of nitrogens with zero attached hydrogens (tertiary/aromatic N) is 2. The van der Waals surface area contributed by atoms with Crippen LogP contribution in [0.2, 0.25) is 0 Å². The topological polar surface area (TPSA) is 54.9 Å². The van der Waals surface area contributed by atoms with Gasteiger partial charge in [0, 0.05) is 15.7 Å². The van der Waals surface area contributed by atoms with E-state index in [9.17, 15) is 4.79 Å². The summed E-state index contributed by atoms with van der Waals surface area (Å²) in [6.07, 6.45) is 1.47. The molecule has 0 saturated heterocycles. The second kappa shape index (κ2) is 6.46. The van der Waals surface area contributed by atoms with Crippen molar-refractivity contribution in [3.05, 3.63) is 47.6 Å². The third-order valence-corrected chi connectivity index (χ3v) is 4.82. The van der Waals surface area contributed by atoms with Crippen molar-refractivity contribution in [2.45, 2.75) is 24.0 Å². The van der Waals surface area contributed by atoms with Crippen LogP contribution in [0.3, 0.4) is 0 Å². The van der Waals surface area contributed by atoms with Crippen LogP contribution in [0.5, 0.6) is 0 Å². The fraction of sp³-hybridized carbons (Fsp3) is 0.188. The van der Waals surface area contributed by atoms with Gasteiger partial charge in [0.05, 0.1) is 5.39 Å². The van der Waals surface area contributed by atoms with Gasteiger partial charge in [0.2, 0.25) is 0 Å². The van der Waals surface area contributed by atoms with Crippen LogP contribution in [0, 0.1) is 0 Å². The molecule has 2 heterocycles. The molecule has 3 rings (SSSR count). The summed E-state index contributed by atoms with van der Waals surface area (Å²) in [5, 5.41) is 6.18. The van der Waals surface area contributed by atoms with Gasteiger partial charge in [-0.1, -0.05) is 13.8 Å². The molecule has 0 aliphatic carbocycles. The van der Waals surface area contributed by atoms with Gasteiger partial charge in [0.1, 0.15) is 17.0 Å². The highest BCUT2D eigenvalue weighted by molar-refractivity contribution is 7.99. The summed E-state index contributed by atoms with van der Waals surface area (Å²) in [5.74, 6) is 0.393. The van der Waals surface area contributed by atoms with Gasteiger partial charge >= 0.3 is 0 Å². The number of thioether (sulfide) groups is 1. The number of thiophene rings is 1. The molecule has 1 N–H and O–H groups in total. The number of hydrogen-bond acceptors (Lipinski definition) is 5. The Labute approximate surface area is 137 Å². The van der Waals surface area contributed by atoms with E-state index in [1.807, 2.05) is 35.7 Å². The van der Waals surface area contributed by atoms with E-state index < -0.39 is 0 Å². The first-order chi connectivity index (χ1) is 10.6. The van der Waals surface area contributed by atoms with E-state index in [0.717, 1.165) is 15.1 Å². The Balaban J connectivity index is 1.78. The zero-order chi connectivity index (χ0) is 15.5. The Kier molecular flexibility index (Phi) is 4.40. The maximum Gasteiger partial charge on any atom is 0.256 e. The van der Waals surface area contributed by atoms with Gasteiger partial charge < -0.3 is 5.32 Å². The number of anilines is 1. The van der Waals surface area contributed by atoms with Crippen molar-refractivity contribution in [2.75, 3.05) is 5.32 Å². The lowest BCUT2D eigenvalue weighted by molar-refractivity contribution is 0.102. The molecular weight excluding hydrogens is 314 g/mol. The molecule has 1 aromatic carbocycles. The van der Waals surface area contributed by atoms with Gasteiger partial charge in [-0.3, -0.25) is 4.79 Å². The van der Waals surface area contributed by atoms with E-state index in [-0.39, 0.29) is 5.91 Å². The van der Waals surface area contributed by atoms with Crippen LogP contribution < -0.4 is 5.32 Å². The predicted octanol–water partition coefficient (Wildman–Crippen LogP) is 4.44. The molecule has 0 atom stereocenters. The third kappa shape index (κ3) is 3.28. The fourth-order valence-corrected chi connectivity index (χ4v) is 3.60. The average molecular weight is 329 g/mol. The van der Waals surface area contributed by atoms with E-state index in [0.29, 0.717) is 16.6 Å². The molecule has 0 bridgehead atoms. The molecule has 0 aliphatic rings. The van der Waals surface area contributed by atoms with Crippen molar-refractivity contribution in [3.63, 3.8) is 0 Å². The highest BCUT2D eigenvalue weighted by Gasteiger charge is 2.11. The van der Waals surface area contributed by atoms with Gasteiger partial charge in [-0.2, -0.15) is 0 Å². The highest BCUT2D eigenvalue weighted by atomic mass is 32.2. The van der Waals surface area contributed by atoms with Crippen LogP contribution >= 0.6 is 23.1 Å². The van der Waals surface area contributed by atoms with Crippen molar-refractivity contribution in [1.29, 1.82) is 0 Å². The Bertz CT molecular complexity index is 797. The zero-order valence-electron chi connectivity index (χ0n) is 12.2. The maximum atomic E-state index is 12.3. The number of fused-ring (bicyclic) bond motifs is 1. The lowest BCUT2D eigenvalue weighted by Crippen LogP contribution is -2.13. The Morgan fingerprint density at radius 3 is 2.68 bits per heavy atom. The second-order valence-corrected chi connectivity index (χ2v) is 7.55. The summed E-state index contributed by atoms with van der Waals surface area (Å²) in [7, 11) is 0. The molecule has 0 unspecified atom stereocenters. The zero-order valence-corrected chi connectivity index (χ0v) is 13.9. The van der Waals surface area contributed by atoms with Crippen LogP contribution in [0.15, 0.2) is 46.9 Å². The molecule has 2 aromatic heterocycles. The summed E-state index contributed by atoms with van der Waals surface area (Å²) >= 11 is 3.30. The van der Waals surface area contributed by atoms with Gasteiger partial charge in [-0.15, -0.1) is 23.1 Å². The van der Waals surface area contributed by atoms with Crippen molar-refractivity contribution in [2.24, 2.45) is 0 Å². The SMILES string of the molecule is CC(C)Sc1ccc(C(=O)Nc2ncnc3sccc23)cc1. The number of carbonyl (C=O) groups is 1. The van der Waals surface area contributed by atoms with Crippen LogP contribution in [0.4, 0.5) is 5.82 Å². The summed E-state index contributed by atoms with van der Waals surface area (Å²) in [5.41, 5.74) is 0.620. The minimum atomic E-state index is -0.160. The first-order valence-electron chi connectivity index (χ1n) is 6.90. The Morgan fingerprint density at radius 2 is 1.95 bits per heavy atom. The fourth-order valence-electron chi connectivity index (χ4n) is 2.03. The maximum absolute atomic E-state index is 12.3. The van der Waals surface area contributed by atoms with Gasteiger partial charge in [0.15, 0.2) is 0 Å². The molecule has 1 amide bonds. The number of aromatic nitrogens is 2. The highest BCUT2D eigenvalue weighted by Crippen LogP contribution is 2.25. The van der Waals surface area contributed by atoms with E-state index in [1.165, 1.54) is 17.7 Å². The number of carbonyl (C=O) groups excluding carboxylic acids is 1. The lowest BCUT2D eigenvalue weighted by Gasteiger charge is -2.07. The number of amides is 1. The molecule has 0 radical (unpaired) electrons.